The van der Waals surface area contributed by atoms with E-state index in [4.69, 9.17) is 4.42 Å². The minimum atomic E-state index is -3.78. The average molecular weight is 378 g/mol. The smallest absolute Gasteiger partial charge is 0.408 e. The summed E-state index contributed by atoms with van der Waals surface area (Å²) in [6.45, 7) is 0. The zero-order valence-corrected chi connectivity index (χ0v) is 14.5. The highest BCUT2D eigenvalue weighted by Gasteiger charge is 2.19. The molecule has 2 aromatic carbocycles. The molecule has 1 heterocycles. The van der Waals surface area contributed by atoms with Gasteiger partial charge in [-0.3, -0.25) is 9.36 Å². The van der Waals surface area contributed by atoms with Crippen LogP contribution in [0.25, 0.3) is 11.1 Å². The fourth-order valence-corrected chi connectivity index (χ4v) is 3.68. The van der Waals surface area contributed by atoms with Crippen LogP contribution >= 0.6 is 0 Å². The predicted octanol–water partition coefficient (Wildman–Crippen LogP) is 2.07. The molecule has 0 radical (unpaired) electrons. The number of aromatic nitrogens is 1. The molecule has 0 saturated carbocycles. The van der Waals surface area contributed by atoms with Crippen LogP contribution in [0, 0.1) is 5.82 Å². The van der Waals surface area contributed by atoms with Gasteiger partial charge < -0.3 is 9.73 Å². The number of nitrogens with one attached hydrogen (secondary N) is 1. The SMILES string of the molecule is Cn1c(=O)oc2cc(S(=O)(=O)CCC(=O)Nc3ccccc3F)ccc21. The molecule has 0 aliphatic rings. The first-order valence-electron chi connectivity index (χ1n) is 7.64. The number of fused-ring (bicyclic) bond motifs is 1. The summed E-state index contributed by atoms with van der Waals surface area (Å²) in [4.78, 5) is 23.3. The van der Waals surface area contributed by atoms with Crippen molar-refractivity contribution in [3.05, 3.63) is 58.8 Å². The largest absolute Gasteiger partial charge is 0.419 e. The molecule has 0 bridgehead atoms. The monoisotopic (exact) mass is 378 g/mol. The van der Waals surface area contributed by atoms with Crippen LogP contribution in [0.1, 0.15) is 6.42 Å². The summed E-state index contributed by atoms with van der Waals surface area (Å²) >= 11 is 0. The lowest BCUT2D eigenvalue weighted by atomic mass is 10.3. The number of para-hydroxylation sites is 1. The molecule has 26 heavy (non-hydrogen) atoms. The van der Waals surface area contributed by atoms with Gasteiger partial charge in [-0.05, 0) is 24.3 Å². The van der Waals surface area contributed by atoms with Gasteiger partial charge in [0.05, 0.1) is 21.9 Å². The number of nitrogens with zero attached hydrogens (tertiary/aromatic N) is 1. The van der Waals surface area contributed by atoms with Crippen LogP contribution in [0.4, 0.5) is 10.1 Å². The molecular weight excluding hydrogens is 363 g/mol. The molecule has 0 unspecified atom stereocenters. The number of anilines is 1. The second-order valence-corrected chi connectivity index (χ2v) is 7.76. The molecule has 0 aliphatic carbocycles. The van der Waals surface area contributed by atoms with Gasteiger partial charge in [-0.1, -0.05) is 12.1 Å². The van der Waals surface area contributed by atoms with E-state index in [0.717, 1.165) is 0 Å². The highest BCUT2D eigenvalue weighted by Crippen LogP contribution is 2.20. The van der Waals surface area contributed by atoms with E-state index in [2.05, 4.69) is 5.32 Å². The summed E-state index contributed by atoms with van der Waals surface area (Å²) in [5.74, 6) is -2.28. The standard InChI is InChI=1S/C17H15FN2O5S/c1-20-14-7-6-11(10-15(14)25-17(20)22)26(23,24)9-8-16(21)19-13-5-3-2-4-12(13)18/h2-7,10H,8-9H2,1H3,(H,19,21). The van der Waals surface area contributed by atoms with Crippen molar-refractivity contribution in [1.82, 2.24) is 4.57 Å². The summed E-state index contributed by atoms with van der Waals surface area (Å²) in [6.07, 6.45) is -0.340. The van der Waals surface area contributed by atoms with Crippen molar-refractivity contribution in [2.45, 2.75) is 11.3 Å². The second-order valence-electron chi connectivity index (χ2n) is 5.65. The Kier molecular flexibility index (Phi) is 4.64. The molecule has 1 aromatic heterocycles. The molecule has 0 atom stereocenters. The first kappa shape index (κ1) is 17.9. The summed E-state index contributed by atoms with van der Waals surface area (Å²) < 4.78 is 44.6. The molecule has 0 aliphatic heterocycles. The minimum absolute atomic E-state index is 0.0117. The van der Waals surface area contributed by atoms with Gasteiger partial charge in [0.2, 0.25) is 5.91 Å². The van der Waals surface area contributed by atoms with E-state index >= 15 is 0 Å². The maximum absolute atomic E-state index is 13.5. The molecule has 0 saturated heterocycles. The molecule has 0 fully saturated rings. The quantitative estimate of drug-likeness (QED) is 0.733. The highest BCUT2D eigenvalue weighted by atomic mass is 32.2. The molecule has 136 valence electrons. The first-order chi connectivity index (χ1) is 12.3. The van der Waals surface area contributed by atoms with E-state index in [0.29, 0.717) is 5.52 Å². The van der Waals surface area contributed by atoms with Crippen LogP contribution < -0.4 is 11.1 Å². The number of benzene rings is 2. The second kappa shape index (κ2) is 6.75. The Hall–Kier alpha value is -2.94. The normalized spacial score (nSPS) is 11.6. The number of hydrogen-bond donors (Lipinski definition) is 1. The summed E-state index contributed by atoms with van der Waals surface area (Å²) in [6, 6.07) is 9.67. The average Bonchev–Trinajstić information content (AvgIpc) is 2.89. The van der Waals surface area contributed by atoms with Gasteiger partial charge in [0.25, 0.3) is 0 Å². The van der Waals surface area contributed by atoms with Crippen molar-refractivity contribution in [1.29, 1.82) is 0 Å². The maximum atomic E-state index is 13.5. The lowest BCUT2D eigenvalue weighted by Crippen LogP contribution is -2.18. The third-order valence-electron chi connectivity index (χ3n) is 3.87. The summed E-state index contributed by atoms with van der Waals surface area (Å²) in [7, 11) is -2.27. The Morgan fingerprint density at radius 2 is 1.96 bits per heavy atom. The van der Waals surface area contributed by atoms with Gasteiger partial charge in [-0.25, -0.2) is 17.6 Å². The first-order valence-corrected chi connectivity index (χ1v) is 9.30. The molecular formula is C17H15FN2O5S. The number of sulfone groups is 1. The van der Waals surface area contributed by atoms with Gasteiger partial charge in [0.1, 0.15) is 5.82 Å². The third-order valence-corrected chi connectivity index (χ3v) is 5.58. The van der Waals surface area contributed by atoms with Crippen molar-refractivity contribution in [2.75, 3.05) is 11.1 Å². The van der Waals surface area contributed by atoms with Gasteiger partial charge in [0.15, 0.2) is 15.4 Å². The van der Waals surface area contributed by atoms with E-state index in [1.165, 1.54) is 48.0 Å². The number of amides is 1. The Morgan fingerprint density at radius 1 is 1.23 bits per heavy atom. The maximum Gasteiger partial charge on any atom is 0.419 e. The van der Waals surface area contributed by atoms with Gasteiger partial charge >= 0.3 is 5.76 Å². The molecule has 1 N–H and O–H groups in total. The Morgan fingerprint density at radius 3 is 2.69 bits per heavy atom. The molecule has 0 spiro atoms. The van der Waals surface area contributed by atoms with E-state index in [1.54, 1.807) is 6.07 Å². The van der Waals surface area contributed by atoms with Crippen LogP contribution in [0.5, 0.6) is 0 Å². The number of hydrogen-bond acceptors (Lipinski definition) is 5. The third kappa shape index (κ3) is 3.52. The van der Waals surface area contributed by atoms with Gasteiger partial charge in [-0.2, -0.15) is 0 Å². The lowest BCUT2D eigenvalue weighted by molar-refractivity contribution is -0.115. The number of rotatable bonds is 5. The van der Waals surface area contributed by atoms with E-state index in [1.807, 2.05) is 0 Å². The minimum Gasteiger partial charge on any atom is -0.408 e. The lowest BCUT2D eigenvalue weighted by Gasteiger charge is -2.07. The summed E-state index contributed by atoms with van der Waals surface area (Å²) in [5.41, 5.74) is 0.600. The van der Waals surface area contributed by atoms with Crippen LogP contribution in [-0.2, 0) is 21.7 Å². The molecule has 1 amide bonds. The predicted molar refractivity (Wildman–Crippen MR) is 93.2 cm³/mol. The fraction of sp³-hybridized carbons (Fsp3) is 0.176. The Bertz CT molecular complexity index is 1150. The molecule has 3 aromatic rings. The fourth-order valence-electron chi connectivity index (χ4n) is 2.43. The van der Waals surface area contributed by atoms with E-state index < -0.39 is 33.1 Å². The van der Waals surface area contributed by atoms with Crippen LogP contribution in [0.2, 0.25) is 0 Å². The van der Waals surface area contributed by atoms with Crippen molar-refractivity contribution in [3.8, 4) is 0 Å². The van der Waals surface area contributed by atoms with Crippen molar-refractivity contribution in [3.63, 3.8) is 0 Å². The number of carbonyl (C=O) groups excluding carboxylic acids is 1. The number of carbonyl (C=O) groups is 1. The number of halogens is 1. The highest BCUT2D eigenvalue weighted by molar-refractivity contribution is 7.91. The zero-order valence-electron chi connectivity index (χ0n) is 13.7. The molecule has 7 nitrogen and oxygen atoms in total. The van der Waals surface area contributed by atoms with Crippen molar-refractivity contribution in [2.24, 2.45) is 7.05 Å². The van der Waals surface area contributed by atoms with Gasteiger partial charge in [-0.15, -0.1) is 0 Å². The van der Waals surface area contributed by atoms with Crippen molar-refractivity contribution >= 4 is 32.5 Å². The van der Waals surface area contributed by atoms with E-state index in [9.17, 15) is 22.4 Å². The molecule has 3 rings (SSSR count). The number of oxazole rings is 1. The zero-order chi connectivity index (χ0) is 18.9. The molecule has 9 heteroatoms. The van der Waals surface area contributed by atoms with Crippen LogP contribution in [0.3, 0.4) is 0 Å². The van der Waals surface area contributed by atoms with Crippen LogP contribution in [0.15, 0.2) is 56.6 Å². The van der Waals surface area contributed by atoms with Crippen molar-refractivity contribution < 1.29 is 22.0 Å². The van der Waals surface area contributed by atoms with Crippen LogP contribution in [-0.4, -0.2) is 24.6 Å². The number of aryl methyl sites for hydroxylation is 1. The summed E-state index contributed by atoms with van der Waals surface area (Å²) in [5, 5.41) is 2.33. The Balaban J connectivity index is 1.73. The topological polar surface area (TPSA) is 98.4 Å². The van der Waals surface area contributed by atoms with E-state index in [-0.39, 0.29) is 22.6 Å². The Labute approximate surface area is 148 Å². The van der Waals surface area contributed by atoms with Gasteiger partial charge in [0, 0.05) is 19.5 Å².